The molecule has 376 valence electrons. The van der Waals surface area contributed by atoms with Crippen molar-refractivity contribution in [2.45, 2.75) is 284 Å². The van der Waals surface area contributed by atoms with Crippen molar-refractivity contribution in [3.63, 3.8) is 0 Å². The van der Waals surface area contributed by atoms with E-state index in [-0.39, 0.29) is 31.1 Å². The fourth-order valence-corrected chi connectivity index (χ4v) is 7.84. The van der Waals surface area contributed by atoms with E-state index in [1.54, 1.807) is 0 Å². The minimum absolute atomic E-state index is 0.0748. The summed E-state index contributed by atoms with van der Waals surface area (Å²) in [6.45, 7) is 6.45. The van der Waals surface area contributed by atoms with Gasteiger partial charge in [0.25, 0.3) is 0 Å². The van der Waals surface area contributed by atoms with Crippen LogP contribution in [0.5, 0.6) is 0 Å². The van der Waals surface area contributed by atoms with E-state index in [2.05, 4.69) is 81.5 Å². The van der Waals surface area contributed by atoms with Crippen LogP contribution in [0.2, 0.25) is 0 Å². The van der Waals surface area contributed by atoms with Crippen molar-refractivity contribution in [3.05, 3.63) is 60.8 Å². The van der Waals surface area contributed by atoms with Crippen LogP contribution in [-0.4, -0.2) is 37.2 Å². The van der Waals surface area contributed by atoms with Crippen LogP contribution in [0.1, 0.15) is 278 Å². The number of allylic oxidation sites excluding steroid dienone is 10. The van der Waals surface area contributed by atoms with Crippen LogP contribution < -0.4 is 0 Å². The van der Waals surface area contributed by atoms with Crippen molar-refractivity contribution in [2.24, 2.45) is 0 Å². The second-order valence-electron chi connectivity index (χ2n) is 18.5. The summed E-state index contributed by atoms with van der Waals surface area (Å²) in [6.07, 6.45) is 66.8. The van der Waals surface area contributed by atoms with Gasteiger partial charge in [0.05, 0.1) is 0 Å². The van der Waals surface area contributed by atoms with Crippen LogP contribution in [0, 0.1) is 0 Å². The quantitative estimate of drug-likeness (QED) is 0.0262. The molecule has 0 heterocycles. The molecule has 6 nitrogen and oxygen atoms in total. The Bertz CT molecular complexity index is 1180. The first kappa shape index (κ1) is 62.1. The van der Waals surface area contributed by atoms with Crippen LogP contribution in [0.3, 0.4) is 0 Å². The van der Waals surface area contributed by atoms with E-state index in [1.807, 2.05) is 0 Å². The molecule has 0 radical (unpaired) electrons. The topological polar surface area (TPSA) is 78.9 Å². The second kappa shape index (κ2) is 53.7. The van der Waals surface area contributed by atoms with Gasteiger partial charge in [-0.3, -0.25) is 14.4 Å². The first-order valence-electron chi connectivity index (χ1n) is 27.8. The van der Waals surface area contributed by atoms with Crippen LogP contribution in [0.4, 0.5) is 0 Å². The number of hydrogen-bond acceptors (Lipinski definition) is 6. The Hall–Kier alpha value is -2.89. The third-order valence-corrected chi connectivity index (χ3v) is 12.0. The molecule has 0 spiro atoms. The lowest BCUT2D eigenvalue weighted by molar-refractivity contribution is -0.167. The molecule has 0 saturated heterocycles. The Labute approximate surface area is 402 Å². The molecule has 1 atom stereocenters. The largest absolute Gasteiger partial charge is 0.462 e. The van der Waals surface area contributed by atoms with E-state index in [0.717, 1.165) is 96.3 Å². The normalized spacial score (nSPS) is 12.5. The number of rotatable bonds is 50. The molecule has 0 N–H and O–H groups in total. The fourth-order valence-electron chi connectivity index (χ4n) is 7.84. The molecule has 0 bridgehead atoms. The van der Waals surface area contributed by atoms with E-state index in [4.69, 9.17) is 14.2 Å². The van der Waals surface area contributed by atoms with Gasteiger partial charge in [-0.2, -0.15) is 0 Å². The lowest BCUT2D eigenvalue weighted by Gasteiger charge is -2.18. The first-order chi connectivity index (χ1) is 32.0. The maximum absolute atomic E-state index is 12.7. The molecule has 0 aliphatic rings. The molecular formula is C59H104O6. The third-order valence-electron chi connectivity index (χ3n) is 12.0. The van der Waals surface area contributed by atoms with Gasteiger partial charge in [0.2, 0.25) is 0 Å². The Morgan fingerprint density at radius 2 is 0.600 bits per heavy atom. The SMILES string of the molecule is CC/C=C\C/C=C\C/C=C\C/C=C\CCCCCCCCCCCCCCCCCCC(=O)OCC(COC(=O)CCCCCCCC)OC(=O)CCCCCCC/C=C\CCCCC. The van der Waals surface area contributed by atoms with Gasteiger partial charge in [0.1, 0.15) is 13.2 Å². The number of carbonyl (C=O) groups excluding carboxylic acids is 3. The summed E-state index contributed by atoms with van der Waals surface area (Å²) in [5, 5.41) is 0. The number of ether oxygens (including phenoxy) is 3. The Balaban J connectivity index is 4.00. The van der Waals surface area contributed by atoms with Gasteiger partial charge >= 0.3 is 17.9 Å². The van der Waals surface area contributed by atoms with Crippen molar-refractivity contribution in [3.8, 4) is 0 Å². The smallest absolute Gasteiger partial charge is 0.306 e. The Morgan fingerprint density at radius 3 is 0.985 bits per heavy atom. The van der Waals surface area contributed by atoms with Crippen LogP contribution in [-0.2, 0) is 28.6 Å². The summed E-state index contributed by atoms with van der Waals surface area (Å²) in [5.41, 5.74) is 0. The van der Waals surface area contributed by atoms with E-state index in [9.17, 15) is 14.4 Å². The second-order valence-corrected chi connectivity index (χ2v) is 18.5. The molecule has 0 aromatic carbocycles. The standard InChI is InChI=1S/C59H104O6/c1-4-7-10-13-16-18-20-22-23-24-25-26-27-28-29-30-31-32-33-34-35-36-37-38-40-41-43-46-49-52-58(61)64-55-56(54-63-57(60)51-48-45-15-12-9-6-3)65-59(62)53-50-47-44-42-39-21-19-17-14-11-8-5-2/h7,10,16-19,22-23,25-26,56H,4-6,8-9,11-15,20-21,24,27-55H2,1-3H3/b10-7-,18-16-,19-17-,23-22-,26-25-. The summed E-state index contributed by atoms with van der Waals surface area (Å²) in [7, 11) is 0. The fraction of sp³-hybridized carbons (Fsp3) is 0.780. The average molecular weight is 909 g/mol. The number of carbonyl (C=O) groups is 3. The predicted octanol–water partition coefficient (Wildman–Crippen LogP) is 18.4. The summed E-state index contributed by atoms with van der Waals surface area (Å²) >= 11 is 0. The molecule has 0 aliphatic carbocycles. The van der Waals surface area contributed by atoms with Gasteiger partial charge < -0.3 is 14.2 Å². The van der Waals surface area contributed by atoms with Crippen molar-refractivity contribution in [1.29, 1.82) is 0 Å². The van der Waals surface area contributed by atoms with E-state index < -0.39 is 6.10 Å². The zero-order valence-electron chi connectivity index (χ0n) is 43.0. The monoisotopic (exact) mass is 909 g/mol. The highest BCUT2D eigenvalue weighted by Crippen LogP contribution is 2.16. The zero-order chi connectivity index (χ0) is 47.2. The molecule has 0 fully saturated rings. The van der Waals surface area contributed by atoms with Gasteiger partial charge in [-0.1, -0.05) is 236 Å². The van der Waals surface area contributed by atoms with Crippen LogP contribution >= 0.6 is 0 Å². The minimum Gasteiger partial charge on any atom is -0.462 e. The van der Waals surface area contributed by atoms with E-state index in [1.165, 1.54) is 141 Å². The molecule has 1 unspecified atom stereocenters. The van der Waals surface area contributed by atoms with Gasteiger partial charge in [-0.25, -0.2) is 0 Å². The van der Waals surface area contributed by atoms with E-state index in [0.29, 0.717) is 19.3 Å². The molecule has 0 aromatic rings. The molecule has 6 heteroatoms. The minimum atomic E-state index is -0.771. The number of esters is 3. The highest BCUT2D eigenvalue weighted by Gasteiger charge is 2.19. The average Bonchev–Trinajstić information content (AvgIpc) is 3.30. The van der Waals surface area contributed by atoms with Crippen molar-refractivity contribution in [2.75, 3.05) is 13.2 Å². The summed E-state index contributed by atoms with van der Waals surface area (Å²) in [5.74, 6) is -0.887. The Morgan fingerprint density at radius 1 is 0.323 bits per heavy atom. The molecule has 0 rings (SSSR count). The highest BCUT2D eigenvalue weighted by atomic mass is 16.6. The van der Waals surface area contributed by atoms with Crippen LogP contribution in [0.25, 0.3) is 0 Å². The summed E-state index contributed by atoms with van der Waals surface area (Å²) in [6, 6.07) is 0. The highest BCUT2D eigenvalue weighted by molar-refractivity contribution is 5.71. The molecular weight excluding hydrogens is 805 g/mol. The number of hydrogen-bond donors (Lipinski definition) is 0. The van der Waals surface area contributed by atoms with Crippen LogP contribution in [0.15, 0.2) is 60.8 Å². The lowest BCUT2D eigenvalue weighted by Crippen LogP contribution is -2.30. The third kappa shape index (κ3) is 51.9. The Kier molecular flexibility index (Phi) is 51.3. The number of unbranched alkanes of at least 4 members (excludes halogenated alkanes) is 29. The maximum atomic E-state index is 12.7. The molecule has 0 aliphatic heterocycles. The molecule has 0 saturated carbocycles. The predicted molar refractivity (Wildman–Crippen MR) is 279 cm³/mol. The molecule has 0 aromatic heterocycles. The van der Waals surface area contributed by atoms with Gasteiger partial charge in [-0.15, -0.1) is 0 Å². The first-order valence-corrected chi connectivity index (χ1v) is 27.8. The van der Waals surface area contributed by atoms with Crippen molar-refractivity contribution in [1.82, 2.24) is 0 Å². The molecule has 0 amide bonds. The van der Waals surface area contributed by atoms with E-state index >= 15 is 0 Å². The lowest BCUT2D eigenvalue weighted by atomic mass is 10.0. The van der Waals surface area contributed by atoms with Crippen molar-refractivity contribution < 1.29 is 28.6 Å². The van der Waals surface area contributed by atoms with Crippen molar-refractivity contribution >= 4 is 17.9 Å². The van der Waals surface area contributed by atoms with Gasteiger partial charge in [0.15, 0.2) is 6.10 Å². The summed E-state index contributed by atoms with van der Waals surface area (Å²) < 4.78 is 16.7. The van der Waals surface area contributed by atoms with Gasteiger partial charge in [-0.05, 0) is 83.5 Å². The van der Waals surface area contributed by atoms with Gasteiger partial charge in [0, 0.05) is 19.3 Å². The zero-order valence-corrected chi connectivity index (χ0v) is 43.0. The molecule has 65 heavy (non-hydrogen) atoms. The summed E-state index contributed by atoms with van der Waals surface area (Å²) in [4.78, 5) is 37.7. The maximum Gasteiger partial charge on any atom is 0.306 e.